The van der Waals surface area contributed by atoms with Crippen molar-refractivity contribution in [3.05, 3.63) is 65.2 Å². The van der Waals surface area contributed by atoms with Crippen molar-refractivity contribution in [2.24, 2.45) is 0 Å². The van der Waals surface area contributed by atoms with Gasteiger partial charge in [0.25, 0.3) is 5.91 Å². The molecular weight excluding hydrogens is 348 g/mol. The second-order valence-electron chi connectivity index (χ2n) is 8.52. The molecule has 1 amide bonds. The lowest BCUT2D eigenvalue weighted by molar-refractivity contribution is 0.0638. The second kappa shape index (κ2) is 8.78. The molecule has 2 aromatic rings. The first-order valence-corrected chi connectivity index (χ1v) is 10.1. The highest BCUT2D eigenvalue weighted by molar-refractivity contribution is 5.94. The third kappa shape index (κ3) is 4.93. The van der Waals surface area contributed by atoms with Gasteiger partial charge in [-0.2, -0.15) is 0 Å². The molecule has 1 fully saturated rings. The normalized spacial score (nSPS) is 15.5. The Morgan fingerprint density at radius 3 is 2.21 bits per heavy atom. The third-order valence-electron chi connectivity index (χ3n) is 5.55. The molecule has 0 radical (unpaired) electrons. The first kappa shape index (κ1) is 20.4. The summed E-state index contributed by atoms with van der Waals surface area (Å²) in [6.45, 7) is 11.0. The Morgan fingerprint density at radius 1 is 0.964 bits per heavy atom. The monoisotopic (exact) mass is 380 g/mol. The maximum Gasteiger partial charge on any atom is 0.253 e. The second-order valence-corrected chi connectivity index (χ2v) is 8.52. The number of nitrogens with zero attached hydrogens (tertiary/aromatic N) is 2. The van der Waals surface area contributed by atoms with Crippen LogP contribution in [0.1, 0.15) is 42.3 Å². The molecule has 0 atom stereocenters. The predicted molar refractivity (Wildman–Crippen MR) is 114 cm³/mol. The summed E-state index contributed by atoms with van der Waals surface area (Å²) in [4.78, 5) is 17.2. The molecule has 1 heterocycles. The van der Waals surface area contributed by atoms with Crippen LogP contribution in [0.2, 0.25) is 0 Å². The summed E-state index contributed by atoms with van der Waals surface area (Å²) in [5.74, 6) is 1.10. The number of benzene rings is 2. The van der Waals surface area contributed by atoms with E-state index in [0.29, 0.717) is 0 Å². The van der Waals surface area contributed by atoms with E-state index in [0.717, 1.165) is 50.5 Å². The van der Waals surface area contributed by atoms with Crippen molar-refractivity contribution in [3.8, 4) is 5.75 Å². The average molecular weight is 381 g/mol. The van der Waals surface area contributed by atoms with E-state index in [1.807, 2.05) is 29.2 Å². The number of rotatable bonds is 5. The third-order valence-corrected chi connectivity index (χ3v) is 5.55. The minimum Gasteiger partial charge on any atom is -0.496 e. The van der Waals surface area contributed by atoms with E-state index < -0.39 is 0 Å². The van der Waals surface area contributed by atoms with Crippen LogP contribution in [0.5, 0.6) is 5.75 Å². The van der Waals surface area contributed by atoms with Gasteiger partial charge in [-0.05, 0) is 41.2 Å². The van der Waals surface area contributed by atoms with Crippen LogP contribution < -0.4 is 4.74 Å². The zero-order chi connectivity index (χ0) is 20.1. The highest BCUT2D eigenvalue weighted by Gasteiger charge is 2.22. The Labute approximate surface area is 169 Å². The lowest BCUT2D eigenvalue weighted by Gasteiger charge is -2.35. The summed E-state index contributed by atoms with van der Waals surface area (Å²) >= 11 is 0. The molecule has 0 unspecified atom stereocenters. The lowest BCUT2D eigenvalue weighted by atomic mass is 9.86. The van der Waals surface area contributed by atoms with Gasteiger partial charge in [0.1, 0.15) is 5.75 Å². The van der Waals surface area contributed by atoms with E-state index in [9.17, 15) is 4.79 Å². The molecule has 0 aromatic heterocycles. The molecule has 1 saturated heterocycles. The van der Waals surface area contributed by atoms with Crippen LogP contribution >= 0.6 is 0 Å². The van der Waals surface area contributed by atoms with E-state index in [-0.39, 0.29) is 11.3 Å². The molecule has 28 heavy (non-hydrogen) atoms. The molecule has 0 saturated carbocycles. The first-order valence-electron chi connectivity index (χ1n) is 10.1. The van der Waals surface area contributed by atoms with Gasteiger partial charge in [0.05, 0.1) is 7.11 Å². The number of carbonyl (C=O) groups is 1. The smallest absolute Gasteiger partial charge is 0.253 e. The van der Waals surface area contributed by atoms with Gasteiger partial charge >= 0.3 is 0 Å². The summed E-state index contributed by atoms with van der Waals surface area (Å²) in [7, 11) is 1.72. The van der Waals surface area contributed by atoms with Crippen molar-refractivity contribution in [3.63, 3.8) is 0 Å². The van der Waals surface area contributed by atoms with Gasteiger partial charge in [-0.15, -0.1) is 0 Å². The Hall–Kier alpha value is -2.33. The van der Waals surface area contributed by atoms with Crippen molar-refractivity contribution in [2.75, 3.05) is 39.8 Å². The Kier molecular flexibility index (Phi) is 6.40. The molecule has 1 aliphatic rings. The van der Waals surface area contributed by atoms with E-state index in [2.05, 4.69) is 49.9 Å². The number of piperazine rings is 1. The summed E-state index contributed by atoms with van der Waals surface area (Å²) in [6.07, 6.45) is 0.965. The van der Waals surface area contributed by atoms with Gasteiger partial charge in [0, 0.05) is 38.3 Å². The fraction of sp³-hybridized carbons (Fsp3) is 0.458. The van der Waals surface area contributed by atoms with Gasteiger partial charge in [0.2, 0.25) is 0 Å². The van der Waals surface area contributed by atoms with E-state index >= 15 is 0 Å². The number of amides is 1. The fourth-order valence-electron chi connectivity index (χ4n) is 3.66. The van der Waals surface area contributed by atoms with Gasteiger partial charge < -0.3 is 9.64 Å². The maximum absolute atomic E-state index is 12.8. The van der Waals surface area contributed by atoms with Crippen LogP contribution in [0.3, 0.4) is 0 Å². The van der Waals surface area contributed by atoms with Crippen molar-refractivity contribution in [2.45, 2.75) is 32.6 Å². The Balaban J connectivity index is 1.51. The quantitative estimate of drug-likeness (QED) is 0.786. The first-order chi connectivity index (χ1) is 13.4. The molecule has 4 heteroatoms. The average Bonchev–Trinajstić information content (AvgIpc) is 2.72. The molecule has 0 bridgehead atoms. The maximum atomic E-state index is 12.8. The number of hydrogen-bond donors (Lipinski definition) is 0. The molecular formula is C24H32N2O2. The number of methoxy groups -OCH3 is 1. The van der Waals surface area contributed by atoms with Crippen LogP contribution in [-0.4, -0.2) is 55.5 Å². The standard InChI is InChI=1S/C24H32N2O2/c1-24(2,3)21-11-9-20(10-12-21)23(27)26-17-15-25(16-18-26)14-13-19-7-5-6-8-22(19)28-4/h5-12H,13-18H2,1-4H3. The minimum atomic E-state index is 0.106. The largest absolute Gasteiger partial charge is 0.496 e. The summed E-state index contributed by atoms with van der Waals surface area (Å²) in [6, 6.07) is 16.3. The minimum absolute atomic E-state index is 0.106. The van der Waals surface area contributed by atoms with Crippen LogP contribution in [0, 0.1) is 0 Å². The van der Waals surface area contributed by atoms with Gasteiger partial charge in [0.15, 0.2) is 0 Å². The highest BCUT2D eigenvalue weighted by atomic mass is 16.5. The van der Waals surface area contributed by atoms with Crippen molar-refractivity contribution in [1.82, 2.24) is 9.80 Å². The number of carbonyl (C=O) groups excluding carboxylic acids is 1. The van der Waals surface area contributed by atoms with Gasteiger partial charge in [-0.25, -0.2) is 0 Å². The Bertz CT molecular complexity index is 785. The van der Waals surface area contributed by atoms with Crippen LogP contribution in [0.4, 0.5) is 0 Å². The zero-order valence-corrected chi connectivity index (χ0v) is 17.6. The van der Waals surface area contributed by atoms with E-state index in [1.165, 1.54) is 11.1 Å². The van der Waals surface area contributed by atoms with E-state index in [1.54, 1.807) is 7.11 Å². The fourth-order valence-corrected chi connectivity index (χ4v) is 3.66. The molecule has 0 aliphatic carbocycles. The predicted octanol–water partition coefficient (Wildman–Crippen LogP) is 3.99. The van der Waals surface area contributed by atoms with Crippen molar-refractivity contribution < 1.29 is 9.53 Å². The summed E-state index contributed by atoms with van der Waals surface area (Å²) in [5, 5.41) is 0. The molecule has 4 nitrogen and oxygen atoms in total. The summed E-state index contributed by atoms with van der Waals surface area (Å²) < 4.78 is 5.44. The SMILES string of the molecule is COc1ccccc1CCN1CCN(C(=O)c2ccc(C(C)(C)C)cc2)CC1. The molecule has 3 rings (SSSR count). The van der Waals surface area contributed by atoms with Crippen LogP contribution in [0.25, 0.3) is 0 Å². The number of hydrogen-bond acceptors (Lipinski definition) is 3. The molecule has 0 spiro atoms. The van der Waals surface area contributed by atoms with Crippen molar-refractivity contribution in [1.29, 1.82) is 0 Å². The van der Waals surface area contributed by atoms with Gasteiger partial charge in [-0.1, -0.05) is 51.1 Å². The number of para-hydroxylation sites is 1. The van der Waals surface area contributed by atoms with Crippen molar-refractivity contribution >= 4 is 5.91 Å². The van der Waals surface area contributed by atoms with Gasteiger partial charge in [-0.3, -0.25) is 9.69 Å². The van der Waals surface area contributed by atoms with Crippen LogP contribution in [0.15, 0.2) is 48.5 Å². The highest BCUT2D eigenvalue weighted by Crippen LogP contribution is 2.23. The van der Waals surface area contributed by atoms with Crippen LogP contribution in [-0.2, 0) is 11.8 Å². The lowest BCUT2D eigenvalue weighted by Crippen LogP contribution is -2.49. The molecule has 1 aliphatic heterocycles. The molecule has 150 valence electrons. The van der Waals surface area contributed by atoms with E-state index in [4.69, 9.17) is 4.74 Å². The topological polar surface area (TPSA) is 32.8 Å². The molecule has 0 N–H and O–H groups in total. The summed E-state index contributed by atoms with van der Waals surface area (Å²) in [5.41, 5.74) is 3.39. The Morgan fingerprint density at radius 2 is 1.61 bits per heavy atom. The zero-order valence-electron chi connectivity index (χ0n) is 17.6. The number of ether oxygens (including phenoxy) is 1. The molecule has 2 aromatic carbocycles.